The van der Waals surface area contributed by atoms with Gasteiger partial charge in [-0.1, -0.05) is 66.1 Å². The van der Waals surface area contributed by atoms with Gasteiger partial charge >= 0.3 is 42.1 Å². The predicted octanol–water partition coefficient (Wildman–Crippen LogP) is 8.84. The second kappa shape index (κ2) is 17.7. The SMILES string of the molecule is [Pt+2].[Pt+2].[c-]1c(-c2ccccn2)cccc1-c1ccccn1.[c-]1ccccc1-c1cccc(-c2ccccn2)n1.[c-]1coc2oc[c-]c12. The molecule has 0 radical (unpaired) electrons. The molecule has 0 atom stereocenters. The molecule has 0 aliphatic rings. The Morgan fingerprint density at radius 2 is 0.935 bits per heavy atom. The molecule has 8 aromatic rings. The topological polar surface area (TPSA) is 77.8 Å². The standard InChI is InChI=1S/2C16H11N2.C6H2O2.2Pt/c1-3-10-17-15(8-1)13-6-5-7-14(12-13)16-9-2-4-11-18-16;1-2-7-13(8-3-1)14-10-6-11-16(18-14)15-9-4-5-12-17-15;1-3-7-6-5(1)2-4-8-6;;/h1-11H;1-7,9-12H;3-4H;;/q2*-1;-2;2*+2. The number of rotatable bonds is 4. The van der Waals surface area contributed by atoms with E-state index >= 15 is 0 Å². The van der Waals surface area contributed by atoms with Crippen molar-refractivity contribution in [3.05, 3.63) is 171 Å². The Hall–Kier alpha value is -4.76. The molecule has 6 heterocycles. The van der Waals surface area contributed by atoms with Crippen LogP contribution >= 0.6 is 0 Å². The zero-order chi connectivity index (χ0) is 29.8. The number of fused-ring (bicyclic) bond motifs is 1. The molecule has 228 valence electrons. The number of nitrogens with zero attached hydrogens (tertiary/aromatic N) is 4. The van der Waals surface area contributed by atoms with Gasteiger partial charge in [0, 0.05) is 35.8 Å². The summed E-state index contributed by atoms with van der Waals surface area (Å²) in [5.41, 5.74) is 7.50. The van der Waals surface area contributed by atoms with Crippen LogP contribution in [0.1, 0.15) is 0 Å². The molecule has 0 saturated heterocycles. The maximum absolute atomic E-state index is 4.80. The third-order valence-electron chi connectivity index (χ3n) is 6.28. The number of pyridine rings is 4. The number of aromatic nitrogens is 4. The number of benzene rings is 2. The minimum atomic E-state index is 0. The quantitative estimate of drug-likeness (QED) is 0.164. The summed E-state index contributed by atoms with van der Waals surface area (Å²) < 4.78 is 9.61. The molecule has 0 fully saturated rings. The van der Waals surface area contributed by atoms with Crippen molar-refractivity contribution < 1.29 is 51.0 Å². The molecule has 8 heteroatoms. The Kier molecular flexibility index (Phi) is 13.1. The van der Waals surface area contributed by atoms with Gasteiger partial charge in [-0.25, -0.2) is 0 Å². The molecule has 0 aliphatic carbocycles. The first-order valence-corrected chi connectivity index (χ1v) is 13.8. The van der Waals surface area contributed by atoms with Gasteiger partial charge in [0.05, 0.1) is 11.4 Å². The molecule has 0 amide bonds. The van der Waals surface area contributed by atoms with Gasteiger partial charge in [-0.15, -0.1) is 60.2 Å². The molecule has 0 saturated carbocycles. The van der Waals surface area contributed by atoms with Crippen molar-refractivity contribution in [2.75, 3.05) is 0 Å². The van der Waals surface area contributed by atoms with Crippen LogP contribution in [0, 0.1) is 24.3 Å². The van der Waals surface area contributed by atoms with E-state index < -0.39 is 0 Å². The Labute approximate surface area is 296 Å². The van der Waals surface area contributed by atoms with E-state index in [1.54, 1.807) is 18.6 Å². The minimum absolute atomic E-state index is 0. The Morgan fingerprint density at radius 1 is 0.435 bits per heavy atom. The second-order valence-electron chi connectivity index (χ2n) is 9.23. The molecular formula is C38H24N4O2Pt2. The van der Waals surface area contributed by atoms with Gasteiger partial charge in [-0.05, 0) is 36.0 Å². The fraction of sp³-hybridized carbons (Fsp3) is 0. The maximum atomic E-state index is 4.80. The summed E-state index contributed by atoms with van der Waals surface area (Å²) >= 11 is 0. The van der Waals surface area contributed by atoms with Crippen LogP contribution in [0.15, 0.2) is 155 Å². The summed E-state index contributed by atoms with van der Waals surface area (Å²) in [5, 5.41) is 0.769. The Balaban J connectivity index is 0.000000163. The summed E-state index contributed by atoms with van der Waals surface area (Å²) in [7, 11) is 0. The van der Waals surface area contributed by atoms with Crippen molar-refractivity contribution in [2.24, 2.45) is 0 Å². The molecule has 0 spiro atoms. The molecule has 0 unspecified atom stereocenters. The van der Waals surface area contributed by atoms with Gasteiger partial charge in [-0.3, -0.25) is 19.9 Å². The summed E-state index contributed by atoms with van der Waals surface area (Å²) in [5.74, 6) is 0.491. The monoisotopic (exact) mass is 958 g/mol. The molecule has 6 aromatic heterocycles. The van der Waals surface area contributed by atoms with Crippen LogP contribution in [0.5, 0.6) is 0 Å². The average Bonchev–Trinajstić information content (AvgIpc) is 3.77. The van der Waals surface area contributed by atoms with Crippen molar-refractivity contribution in [1.29, 1.82) is 0 Å². The van der Waals surface area contributed by atoms with Gasteiger partial charge in [-0.2, -0.15) is 0 Å². The van der Waals surface area contributed by atoms with E-state index in [0.29, 0.717) is 5.78 Å². The van der Waals surface area contributed by atoms with E-state index in [1.165, 1.54) is 12.5 Å². The van der Waals surface area contributed by atoms with Gasteiger partial charge in [0.2, 0.25) is 0 Å². The Bertz CT molecular complexity index is 1740. The van der Waals surface area contributed by atoms with Gasteiger partial charge in [0.15, 0.2) is 0 Å². The first kappa shape index (κ1) is 34.1. The third-order valence-corrected chi connectivity index (χ3v) is 6.28. The molecule has 0 bridgehead atoms. The largest absolute Gasteiger partial charge is 2.00 e. The van der Waals surface area contributed by atoms with E-state index in [2.05, 4.69) is 44.2 Å². The van der Waals surface area contributed by atoms with Crippen LogP contribution in [0.25, 0.3) is 56.3 Å². The number of hydrogen-bond acceptors (Lipinski definition) is 6. The first-order valence-electron chi connectivity index (χ1n) is 13.8. The van der Waals surface area contributed by atoms with E-state index in [4.69, 9.17) is 8.83 Å². The summed E-state index contributed by atoms with van der Waals surface area (Å²) in [6.45, 7) is 0. The van der Waals surface area contributed by atoms with Crippen molar-refractivity contribution in [3.63, 3.8) is 0 Å². The first-order chi connectivity index (χ1) is 21.8. The molecule has 2 aromatic carbocycles. The molecule has 8 rings (SSSR count). The molecular weight excluding hydrogens is 935 g/mol. The summed E-state index contributed by atoms with van der Waals surface area (Å²) in [4.78, 5) is 17.6. The third kappa shape index (κ3) is 9.14. The number of hydrogen-bond donors (Lipinski definition) is 0. The van der Waals surface area contributed by atoms with Crippen LogP contribution < -0.4 is 0 Å². The second-order valence-corrected chi connectivity index (χ2v) is 9.23. The van der Waals surface area contributed by atoms with Crippen LogP contribution in [0.3, 0.4) is 0 Å². The normalized spacial score (nSPS) is 9.83. The fourth-order valence-electron chi connectivity index (χ4n) is 4.20. The molecule has 6 nitrogen and oxygen atoms in total. The van der Waals surface area contributed by atoms with Crippen molar-refractivity contribution in [3.8, 4) is 45.2 Å². The van der Waals surface area contributed by atoms with Crippen LogP contribution in [0.4, 0.5) is 0 Å². The average molecular weight is 959 g/mol. The minimum Gasteiger partial charge on any atom is -0.573 e. The van der Waals surface area contributed by atoms with Gasteiger partial charge in [0.25, 0.3) is 0 Å². The molecule has 0 aliphatic heterocycles. The predicted molar refractivity (Wildman–Crippen MR) is 170 cm³/mol. The van der Waals surface area contributed by atoms with E-state index in [0.717, 1.165) is 50.5 Å². The van der Waals surface area contributed by atoms with Gasteiger partial charge < -0.3 is 26.4 Å². The molecule has 0 N–H and O–H groups in total. The van der Waals surface area contributed by atoms with Crippen LogP contribution in [-0.4, -0.2) is 19.9 Å². The van der Waals surface area contributed by atoms with Crippen molar-refractivity contribution in [1.82, 2.24) is 19.9 Å². The summed E-state index contributed by atoms with van der Waals surface area (Å²) in [6, 6.07) is 49.5. The maximum Gasteiger partial charge on any atom is 2.00 e. The smallest absolute Gasteiger partial charge is 0.573 e. The zero-order valence-electron chi connectivity index (χ0n) is 24.1. The van der Waals surface area contributed by atoms with Gasteiger partial charge in [0.1, 0.15) is 0 Å². The zero-order valence-corrected chi connectivity index (χ0v) is 28.6. The van der Waals surface area contributed by atoms with Crippen LogP contribution in [0.2, 0.25) is 0 Å². The summed E-state index contributed by atoms with van der Waals surface area (Å²) in [6.07, 6.45) is 8.25. The van der Waals surface area contributed by atoms with E-state index in [1.807, 2.05) is 115 Å². The molecule has 46 heavy (non-hydrogen) atoms. The van der Waals surface area contributed by atoms with E-state index in [9.17, 15) is 0 Å². The van der Waals surface area contributed by atoms with Crippen molar-refractivity contribution in [2.45, 2.75) is 0 Å². The van der Waals surface area contributed by atoms with Crippen molar-refractivity contribution >= 4 is 11.2 Å². The fourth-order valence-corrected chi connectivity index (χ4v) is 4.20. The van der Waals surface area contributed by atoms with Crippen LogP contribution in [-0.2, 0) is 42.1 Å². The Morgan fingerprint density at radius 3 is 1.46 bits per heavy atom. The van der Waals surface area contributed by atoms with E-state index in [-0.39, 0.29) is 42.1 Å². The number of furan rings is 2.